The summed E-state index contributed by atoms with van der Waals surface area (Å²) in [5.74, 6) is 0.501. The molecular weight excluding hydrogens is 246 g/mol. The summed E-state index contributed by atoms with van der Waals surface area (Å²) in [7, 11) is -3.10. The highest BCUT2D eigenvalue weighted by atomic mass is 32.2. The van der Waals surface area contributed by atoms with E-state index in [1.165, 1.54) is 0 Å². The van der Waals surface area contributed by atoms with Crippen molar-refractivity contribution in [3.63, 3.8) is 0 Å². The fraction of sp³-hybridized carbons (Fsp3) is 0.571. The van der Waals surface area contributed by atoms with Crippen molar-refractivity contribution < 1.29 is 8.42 Å². The summed E-state index contributed by atoms with van der Waals surface area (Å²) in [6.45, 7) is 3.16. The Balaban J connectivity index is 2.05. The molecule has 0 amide bonds. The molecule has 0 radical (unpaired) electrons. The molecule has 1 unspecified atom stereocenters. The fourth-order valence-corrected chi connectivity index (χ4v) is 4.71. The van der Waals surface area contributed by atoms with Gasteiger partial charge in [0, 0.05) is 6.04 Å². The molecule has 3 rings (SSSR count). The van der Waals surface area contributed by atoms with Crippen LogP contribution in [0.3, 0.4) is 0 Å². The van der Waals surface area contributed by atoms with Gasteiger partial charge in [-0.3, -0.25) is 0 Å². The van der Waals surface area contributed by atoms with E-state index < -0.39 is 9.84 Å². The molecule has 1 heterocycles. The molecule has 1 aromatic carbocycles. The van der Waals surface area contributed by atoms with E-state index in [1.807, 2.05) is 18.2 Å². The van der Waals surface area contributed by atoms with Gasteiger partial charge in [-0.05, 0) is 43.4 Å². The zero-order valence-corrected chi connectivity index (χ0v) is 11.4. The van der Waals surface area contributed by atoms with Crippen LogP contribution < -0.4 is 5.32 Å². The Bertz CT molecular complexity index is 549. The van der Waals surface area contributed by atoms with E-state index in [9.17, 15) is 8.42 Å². The van der Waals surface area contributed by atoms with Crippen LogP contribution in [0.15, 0.2) is 29.2 Å². The van der Waals surface area contributed by atoms with E-state index in [0.29, 0.717) is 10.8 Å². The van der Waals surface area contributed by atoms with Crippen LogP contribution in [0, 0.1) is 5.92 Å². The van der Waals surface area contributed by atoms with Crippen LogP contribution >= 0.6 is 0 Å². The van der Waals surface area contributed by atoms with Crippen LogP contribution in [0.25, 0.3) is 0 Å². The largest absolute Gasteiger partial charge is 0.310 e. The van der Waals surface area contributed by atoms with Crippen LogP contribution in [-0.2, 0) is 9.84 Å². The number of hydrogen-bond acceptors (Lipinski definition) is 3. The van der Waals surface area contributed by atoms with Crippen molar-refractivity contribution in [1.82, 2.24) is 5.32 Å². The van der Waals surface area contributed by atoms with Gasteiger partial charge < -0.3 is 5.32 Å². The molecule has 1 saturated carbocycles. The van der Waals surface area contributed by atoms with Gasteiger partial charge in [-0.25, -0.2) is 8.42 Å². The second-order valence-electron chi connectivity index (χ2n) is 5.48. The summed E-state index contributed by atoms with van der Waals surface area (Å²) in [5.41, 5.74) is 0.967. The van der Waals surface area contributed by atoms with Gasteiger partial charge in [0.2, 0.25) is 0 Å². The second kappa shape index (κ2) is 4.35. The van der Waals surface area contributed by atoms with Gasteiger partial charge >= 0.3 is 0 Å². The molecule has 1 aliphatic heterocycles. The Kier molecular flexibility index (Phi) is 2.94. The number of benzene rings is 1. The van der Waals surface area contributed by atoms with Crippen LogP contribution in [0.1, 0.15) is 37.8 Å². The number of hydrogen-bond donors (Lipinski definition) is 1. The first-order valence-corrected chi connectivity index (χ1v) is 8.21. The third-order valence-corrected chi connectivity index (χ3v) is 6.39. The first kappa shape index (κ1) is 12.2. The predicted octanol–water partition coefficient (Wildman–Crippen LogP) is 2.29. The normalized spacial score (nSPS) is 28.5. The van der Waals surface area contributed by atoms with Crippen LogP contribution in [-0.4, -0.2) is 20.2 Å². The molecule has 0 spiro atoms. The average Bonchev–Trinajstić information content (AvgIpc) is 3.13. The average molecular weight is 265 g/mol. The van der Waals surface area contributed by atoms with Crippen molar-refractivity contribution in [3.8, 4) is 0 Å². The van der Waals surface area contributed by atoms with Gasteiger partial charge in [0.05, 0.1) is 10.1 Å². The Morgan fingerprint density at radius 1 is 1.17 bits per heavy atom. The molecule has 1 aromatic rings. The molecule has 2 atom stereocenters. The first-order valence-electron chi connectivity index (χ1n) is 6.67. The van der Waals surface area contributed by atoms with Crippen molar-refractivity contribution in [3.05, 3.63) is 29.8 Å². The summed E-state index contributed by atoms with van der Waals surface area (Å²) >= 11 is 0. The van der Waals surface area contributed by atoms with Gasteiger partial charge in [0.25, 0.3) is 0 Å². The third-order valence-electron chi connectivity index (χ3n) is 4.06. The van der Waals surface area contributed by atoms with Crippen molar-refractivity contribution in [2.45, 2.75) is 42.4 Å². The Labute approximate surface area is 109 Å². The molecule has 0 bridgehead atoms. The highest BCUT2D eigenvalue weighted by molar-refractivity contribution is 7.92. The van der Waals surface area contributed by atoms with E-state index in [2.05, 4.69) is 12.2 Å². The number of rotatable bonds is 3. The lowest BCUT2D eigenvalue weighted by atomic mass is 9.96. The molecular formula is C14H19NO2S. The molecule has 4 heteroatoms. The van der Waals surface area contributed by atoms with Crippen LogP contribution in [0.2, 0.25) is 0 Å². The van der Waals surface area contributed by atoms with E-state index in [0.717, 1.165) is 31.4 Å². The summed E-state index contributed by atoms with van der Waals surface area (Å²) in [6.07, 6.45) is 2.76. The lowest BCUT2D eigenvalue weighted by Gasteiger charge is -2.19. The van der Waals surface area contributed by atoms with E-state index in [4.69, 9.17) is 0 Å². The minimum Gasteiger partial charge on any atom is -0.310 e. The van der Waals surface area contributed by atoms with Crippen molar-refractivity contribution in [1.29, 1.82) is 0 Å². The van der Waals surface area contributed by atoms with Gasteiger partial charge in [-0.1, -0.05) is 25.1 Å². The van der Waals surface area contributed by atoms with Gasteiger partial charge in [-0.2, -0.15) is 0 Å². The zero-order chi connectivity index (χ0) is 12.8. The molecule has 98 valence electrons. The zero-order valence-electron chi connectivity index (χ0n) is 10.6. The minimum absolute atomic E-state index is 0.129. The maximum Gasteiger partial charge on any atom is 0.181 e. The van der Waals surface area contributed by atoms with Crippen LogP contribution in [0.5, 0.6) is 0 Å². The van der Waals surface area contributed by atoms with Crippen molar-refractivity contribution in [2.75, 3.05) is 6.54 Å². The Hall–Kier alpha value is -0.870. The SMILES string of the molecule is C[C@H]1CCNC1c1ccccc1S(=O)(=O)C1CC1. The molecule has 18 heavy (non-hydrogen) atoms. The highest BCUT2D eigenvalue weighted by Crippen LogP contribution is 2.39. The van der Waals surface area contributed by atoms with E-state index in [-0.39, 0.29) is 11.3 Å². The fourth-order valence-electron chi connectivity index (χ4n) is 2.81. The molecule has 2 fully saturated rings. The maximum atomic E-state index is 12.5. The molecule has 1 saturated heterocycles. The standard InChI is InChI=1S/C14H19NO2S/c1-10-8-9-15-14(10)12-4-2-3-5-13(12)18(16,17)11-6-7-11/h2-5,10-11,14-15H,6-9H2,1H3/t10-,14?/m0/s1. The highest BCUT2D eigenvalue weighted by Gasteiger charge is 2.39. The number of nitrogens with one attached hydrogen (secondary N) is 1. The summed E-state index contributed by atoms with van der Waals surface area (Å²) in [4.78, 5) is 0.554. The Morgan fingerprint density at radius 3 is 2.50 bits per heavy atom. The molecule has 0 aromatic heterocycles. The van der Waals surface area contributed by atoms with Crippen molar-refractivity contribution in [2.24, 2.45) is 5.92 Å². The second-order valence-corrected chi connectivity index (χ2v) is 7.68. The monoisotopic (exact) mass is 265 g/mol. The Morgan fingerprint density at radius 2 is 1.89 bits per heavy atom. The van der Waals surface area contributed by atoms with Crippen molar-refractivity contribution >= 4 is 9.84 Å². The maximum absolute atomic E-state index is 12.5. The smallest absolute Gasteiger partial charge is 0.181 e. The third kappa shape index (κ3) is 1.97. The molecule has 2 aliphatic rings. The molecule has 1 N–H and O–H groups in total. The summed E-state index contributed by atoms with van der Waals surface area (Å²) in [6, 6.07) is 7.70. The van der Waals surface area contributed by atoms with Gasteiger partial charge in [-0.15, -0.1) is 0 Å². The molecule has 3 nitrogen and oxygen atoms in total. The quantitative estimate of drug-likeness (QED) is 0.912. The van der Waals surface area contributed by atoms with Gasteiger partial charge in [0.15, 0.2) is 9.84 Å². The summed E-state index contributed by atoms with van der Waals surface area (Å²) in [5, 5.41) is 3.30. The lowest BCUT2D eigenvalue weighted by Crippen LogP contribution is -2.20. The lowest BCUT2D eigenvalue weighted by molar-refractivity contribution is 0.494. The topological polar surface area (TPSA) is 46.2 Å². The van der Waals surface area contributed by atoms with Gasteiger partial charge in [0.1, 0.15) is 0 Å². The predicted molar refractivity (Wildman–Crippen MR) is 71.2 cm³/mol. The van der Waals surface area contributed by atoms with Crippen LogP contribution in [0.4, 0.5) is 0 Å². The summed E-state index contributed by atoms with van der Waals surface area (Å²) < 4.78 is 24.9. The van der Waals surface area contributed by atoms with E-state index >= 15 is 0 Å². The number of sulfone groups is 1. The van der Waals surface area contributed by atoms with E-state index in [1.54, 1.807) is 6.07 Å². The minimum atomic E-state index is -3.10. The first-order chi connectivity index (χ1) is 8.60. The molecule has 1 aliphatic carbocycles.